The average molecular weight is 829 g/mol. The van der Waals surface area contributed by atoms with Crippen molar-refractivity contribution in [2.45, 2.75) is 271 Å². The van der Waals surface area contributed by atoms with Crippen molar-refractivity contribution in [3.05, 3.63) is 36.5 Å². The largest absolute Gasteiger partial charge is 0.462 e. The Morgan fingerprint density at radius 1 is 0.339 bits per heavy atom. The summed E-state index contributed by atoms with van der Waals surface area (Å²) < 4.78 is 16.7. The molecule has 0 saturated heterocycles. The second kappa shape index (κ2) is 48.3. The Kier molecular flexibility index (Phi) is 46.4. The molecule has 0 heterocycles. The van der Waals surface area contributed by atoms with Crippen molar-refractivity contribution in [1.82, 2.24) is 0 Å². The first-order valence-corrected chi connectivity index (χ1v) is 25.5. The van der Waals surface area contributed by atoms with Crippen LogP contribution in [0.5, 0.6) is 0 Å². The third-order valence-corrected chi connectivity index (χ3v) is 11.1. The summed E-state index contributed by atoms with van der Waals surface area (Å²) in [4.78, 5) is 37.8. The molecule has 1 unspecified atom stereocenters. The molecule has 1 atom stereocenters. The number of allylic oxidation sites excluding steroid dienone is 6. The Morgan fingerprint density at radius 3 is 1.02 bits per heavy atom. The van der Waals surface area contributed by atoms with Crippen LogP contribution >= 0.6 is 0 Å². The summed E-state index contributed by atoms with van der Waals surface area (Å²) in [5.41, 5.74) is 0. The molecular formula is C53H96O6. The summed E-state index contributed by atoms with van der Waals surface area (Å²) in [7, 11) is 0. The summed E-state index contributed by atoms with van der Waals surface area (Å²) in [6.45, 7) is 6.59. The second-order valence-corrected chi connectivity index (χ2v) is 17.1. The van der Waals surface area contributed by atoms with E-state index in [4.69, 9.17) is 14.2 Å². The van der Waals surface area contributed by atoms with E-state index >= 15 is 0 Å². The van der Waals surface area contributed by atoms with Crippen LogP contribution in [0.4, 0.5) is 0 Å². The van der Waals surface area contributed by atoms with E-state index in [1.807, 2.05) is 0 Å². The van der Waals surface area contributed by atoms with Crippen molar-refractivity contribution in [2.24, 2.45) is 0 Å². The van der Waals surface area contributed by atoms with Crippen LogP contribution in [0.1, 0.15) is 265 Å². The van der Waals surface area contributed by atoms with E-state index in [-0.39, 0.29) is 31.1 Å². The fourth-order valence-electron chi connectivity index (χ4n) is 7.28. The summed E-state index contributed by atoms with van der Waals surface area (Å²) in [6, 6.07) is 0. The highest BCUT2D eigenvalue weighted by atomic mass is 16.6. The average Bonchev–Trinajstić information content (AvgIpc) is 3.23. The number of esters is 3. The molecule has 0 amide bonds. The molecule has 0 radical (unpaired) electrons. The van der Waals surface area contributed by atoms with E-state index < -0.39 is 6.10 Å². The first-order valence-electron chi connectivity index (χ1n) is 25.5. The summed E-state index contributed by atoms with van der Waals surface area (Å²) in [5.74, 6) is -0.932. The first kappa shape index (κ1) is 56.6. The van der Waals surface area contributed by atoms with Gasteiger partial charge in [-0.3, -0.25) is 14.4 Å². The van der Waals surface area contributed by atoms with E-state index in [0.717, 1.165) is 57.8 Å². The van der Waals surface area contributed by atoms with Gasteiger partial charge in [0.15, 0.2) is 6.10 Å². The van der Waals surface area contributed by atoms with Gasteiger partial charge in [-0.15, -0.1) is 0 Å². The number of carbonyl (C=O) groups excluding carboxylic acids is 3. The number of ether oxygens (including phenoxy) is 3. The van der Waals surface area contributed by atoms with Gasteiger partial charge in [0.2, 0.25) is 0 Å². The van der Waals surface area contributed by atoms with Crippen LogP contribution in [-0.2, 0) is 28.6 Å². The molecule has 0 aliphatic carbocycles. The number of rotatable bonds is 46. The zero-order valence-electron chi connectivity index (χ0n) is 39.3. The normalized spacial score (nSPS) is 12.3. The number of carbonyl (C=O) groups is 3. The predicted molar refractivity (Wildman–Crippen MR) is 252 cm³/mol. The zero-order chi connectivity index (χ0) is 43.0. The first-order chi connectivity index (χ1) is 29.0. The number of unbranched alkanes of at least 4 members (excludes halogenated alkanes) is 29. The van der Waals surface area contributed by atoms with Crippen LogP contribution in [-0.4, -0.2) is 37.2 Å². The molecule has 0 aromatic rings. The Morgan fingerprint density at radius 2 is 0.627 bits per heavy atom. The van der Waals surface area contributed by atoms with Crippen molar-refractivity contribution < 1.29 is 28.6 Å². The molecule has 0 spiro atoms. The molecule has 0 aliphatic heterocycles. The fourth-order valence-corrected chi connectivity index (χ4v) is 7.28. The Balaban J connectivity index is 4.38. The highest BCUT2D eigenvalue weighted by Gasteiger charge is 2.19. The molecule has 0 fully saturated rings. The molecule has 6 heteroatoms. The molecule has 0 rings (SSSR count). The topological polar surface area (TPSA) is 78.9 Å². The van der Waals surface area contributed by atoms with Gasteiger partial charge in [-0.05, 0) is 51.4 Å². The van der Waals surface area contributed by atoms with Crippen molar-refractivity contribution in [2.75, 3.05) is 13.2 Å². The van der Waals surface area contributed by atoms with Crippen LogP contribution in [0.3, 0.4) is 0 Å². The lowest BCUT2D eigenvalue weighted by Crippen LogP contribution is -2.30. The van der Waals surface area contributed by atoms with Crippen molar-refractivity contribution in [3.8, 4) is 0 Å². The van der Waals surface area contributed by atoms with Gasteiger partial charge in [0, 0.05) is 19.3 Å². The standard InChI is InChI=1S/C53H96O6/c1-4-7-10-13-16-19-21-23-25-26-28-29-31-34-37-40-43-46-52(55)58-49-50(48-57-51(54)45-42-39-36-33-18-15-12-9-6-3)59-53(56)47-44-41-38-35-32-30-27-24-22-20-17-14-11-8-5-2/h23,25,28-29,34,37,50H,4-22,24,26-27,30-33,35-36,38-49H2,1-3H3/b25-23-,29-28-,37-34-. The molecule has 0 aliphatic rings. The molecule has 0 aromatic heterocycles. The smallest absolute Gasteiger partial charge is 0.306 e. The van der Waals surface area contributed by atoms with E-state index in [1.54, 1.807) is 0 Å². The highest BCUT2D eigenvalue weighted by molar-refractivity contribution is 5.71. The maximum Gasteiger partial charge on any atom is 0.306 e. The molecule has 59 heavy (non-hydrogen) atoms. The van der Waals surface area contributed by atoms with E-state index in [0.29, 0.717) is 25.7 Å². The van der Waals surface area contributed by atoms with Gasteiger partial charge in [0.1, 0.15) is 13.2 Å². The van der Waals surface area contributed by atoms with Gasteiger partial charge in [-0.25, -0.2) is 0 Å². The Labute approximate surface area is 365 Å². The predicted octanol–water partition coefficient (Wildman–Crippen LogP) is 16.5. The molecule has 0 saturated carbocycles. The summed E-state index contributed by atoms with van der Waals surface area (Å²) in [5, 5.41) is 0. The van der Waals surface area contributed by atoms with Crippen molar-refractivity contribution >= 4 is 17.9 Å². The lowest BCUT2D eigenvalue weighted by atomic mass is 10.0. The van der Waals surface area contributed by atoms with Crippen LogP contribution in [0.15, 0.2) is 36.5 Å². The van der Waals surface area contributed by atoms with Crippen LogP contribution in [0.25, 0.3) is 0 Å². The molecule has 6 nitrogen and oxygen atoms in total. The van der Waals surface area contributed by atoms with Gasteiger partial charge in [-0.2, -0.15) is 0 Å². The van der Waals surface area contributed by atoms with Gasteiger partial charge >= 0.3 is 17.9 Å². The van der Waals surface area contributed by atoms with E-state index in [2.05, 4.69) is 57.2 Å². The van der Waals surface area contributed by atoms with E-state index in [1.165, 1.54) is 161 Å². The third kappa shape index (κ3) is 46.5. The molecule has 0 N–H and O–H groups in total. The van der Waals surface area contributed by atoms with Gasteiger partial charge in [0.05, 0.1) is 0 Å². The molecule has 344 valence electrons. The fraction of sp³-hybridized carbons (Fsp3) is 0.830. The second-order valence-electron chi connectivity index (χ2n) is 17.1. The minimum atomic E-state index is -0.785. The molecule has 0 aromatic carbocycles. The highest BCUT2D eigenvalue weighted by Crippen LogP contribution is 2.15. The van der Waals surface area contributed by atoms with E-state index in [9.17, 15) is 14.4 Å². The molecule has 0 bridgehead atoms. The minimum Gasteiger partial charge on any atom is -0.462 e. The van der Waals surface area contributed by atoms with Crippen LogP contribution < -0.4 is 0 Å². The lowest BCUT2D eigenvalue weighted by molar-refractivity contribution is -0.167. The van der Waals surface area contributed by atoms with Gasteiger partial charge in [-0.1, -0.05) is 231 Å². The SMILES string of the molecule is CCCCCCCC/C=C\C/C=C\C/C=C\CCCC(=O)OCC(COC(=O)CCCCCCCCCCC)OC(=O)CCCCCCCCCCCCCCCCC. The maximum atomic E-state index is 12.8. The Hall–Kier alpha value is -2.37. The van der Waals surface area contributed by atoms with Gasteiger partial charge in [0.25, 0.3) is 0 Å². The quantitative estimate of drug-likeness (QED) is 0.0263. The van der Waals surface area contributed by atoms with Gasteiger partial charge < -0.3 is 14.2 Å². The minimum absolute atomic E-state index is 0.0840. The monoisotopic (exact) mass is 829 g/mol. The zero-order valence-corrected chi connectivity index (χ0v) is 39.3. The van der Waals surface area contributed by atoms with Crippen molar-refractivity contribution in [1.29, 1.82) is 0 Å². The lowest BCUT2D eigenvalue weighted by Gasteiger charge is -2.18. The van der Waals surface area contributed by atoms with Crippen LogP contribution in [0, 0.1) is 0 Å². The third-order valence-electron chi connectivity index (χ3n) is 11.1. The molecular weight excluding hydrogens is 733 g/mol. The maximum absolute atomic E-state index is 12.8. The summed E-state index contributed by atoms with van der Waals surface area (Å²) >= 11 is 0. The Bertz CT molecular complexity index is 1000. The van der Waals surface area contributed by atoms with Crippen molar-refractivity contribution in [3.63, 3.8) is 0 Å². The number of hydrogen-bond donors (Lipinski definition) is 0. The van der Waals surface area contributed by atoms with Crippen LogP contribution in [0.2, 0.25) is 0 Å². The number of hydrogen-bond acceptors (Lipinski definition) is 6. The summed E-state index contributed by atoms with van der Waals surface area (Å²) in [6.07, 6.45) is 55.7.